The van der Waals surface area contributed by atoms with E-state index < -0.39 is 5.82 Å². The molecule has 0 unspecified atom stereocenters. The number of carbonyl (C=O) groups excluding carboxylic acids is 2. The Morgan fingerprint density at radius 3 is 2.20 bits per heavy atom. The van der Waals surface area contributed by atoms with Gasteiger partial charge in [0.15, 0.2) is 0 Å². The van der Waals surface area contributed by atoms with E-state index in [-0.39, 0.29) is 22.4 Å². The number of nitrogens with zero attached hydrogens (tertiary/aromatic N) is 2. The minimum absolute atomic E-state index is 0.0366. The van der Waals surface area contributed by atoms with Gasteiger partial charge < -0.3 is 9.80 Å². The second-order valence-electron chi connectivity index (χ2n) is 5.72. The topological polar surface area (TPSA) is 40.6 Å². The van der Waals surface area contributed by atoms with Crippen LogP contribution in [0.5, 0.6) is 0 Å². The van der Waals surface area contributed by atoms with E-state index in [1.54, 1.807) is 15.9 Å². The van der Waals surface area contributed by atoms with E-state index in [1.807, 2.05) is 18.2 Å². The van der Waals surface area contributed by atoms with E-state index in [9.17, 15) is 14.0 Å². The van der Waals surface area contributed by atoms with E-state index in [1.165, 1.54) is 12.1 Å². The van der Waals surface area contributed by atoms with E-state index in [2.05, 4.69) is 22.6 Å². The first-order valence-electron chi connectivity index (χ1n) is 7.75. The lowest BCUT2D eigenvalue weighted by Crippen LogP contribution is -2.50. The van der Waals surface area contributed by atoms with E-state index in [4.69, 9.17) is 11.6 Å². The number of rotatable bonds is 2. The summed E-state index contributed by atoms with van der Waals surface area (Å²) < 4.78 is 14.1. The summed E-state index contributed by atoms with van der Waals surface area (Å²) in [5, 5.41) is 0.0994. The maximum absolute atomic E-state index is 13.1. The Kier molecular flexibility index (Phi) is 5.58. The highest BCUT2D eigenvalue weighted by atomic mass is 127. The van der Waals surface area contributed by atoms with Gasteiger partial charge >= 0.3 is 0 Å². The zero-order valence-electron chi connectivity index (χ0n) is 13.2. The van der Waals surface area contributed by atoms with Crippen LogP contribution in [-0.2, 0) is 0 Å². The van der Waals surface area contributed by atoms with Gasteiger partial charge in [-0.3, -0.25) is 9.59 Å². The Hall–Kier alpha value is -1.67. The van der Waals surface area contributed by atoms with Gasteiger partial charge in [-0.25, -0.2) is 4.39 Å². The monoisotopic (exact) mass is 472 g/mol. The van der Waals surface area contributed by atoms with Crippen molar-refractivity contribution in [3.63, 3.8) is 0 Å². The lowest BCUT2D eigenvalue weighted by Gasteiger charge is -2.35. The molecular weight excluding hydrogens is 458 g/mol. The van der Waals surface area contributed by atoms with Crippen molar-refractivity contribution in [2.75, 3.05) is 26.2 Å². The van der Waals surface area contributed by atoms with Gasteiger partial charge in [0.2, 0.25) is 0 Å². The Balaban J connectivity index is 1.65. The highest BCUT2D eigenvalue weighted by Gasteiger charge is 2.26. The van der Waals surface area contributed by atoms with Crippen LogP contribution in [-0.4, -0.2) is 47.8 Å². The number of piperazine rings is 1. The molecule has 2 aromatic rings. The predicted octanol–water partition coefficient (Wildman–Crippen LogP) is 3.68. The zero-order valence-corrected chi connectivity index (χ0v) is 16.1. The van der Waals surface area contributed by atoms with E-state index in [0.29, 0.717) is 31.7 Å². The smallest absolute Gasteiger partial charge is 0.255 e. The van der Waals surface area contributed by atoms with Crippen molar-refractivity contribution in [1.82, 2.24) is 9.80 Å². The second kappa shape index (κ2) is 7.70. The van der Waals surface area contributed by atoms with Gasteiger partial charge in [-0.05, 0) is 59.0 Å². The van der Waals surface area contributed by atoms with Crippen molar-refractivity contribution in [3.05, 3.63) is 68.0 Å². The molecule has 25 heavy (non-hydrogen) atoms. The predicted molar refractivity (Wildman–Crippen MR) is 102 cm³/mol. The Bertz CT molecular complexity index is 822. The molecule has 3 rings (SSSR count). The van der Waals surface area contributed by atoms with Gasteiger partial charge in [0.25, 0.3) is 11.8 Å². The maximum Gasteiger partial charge on any atom is 0.255 e. The van der Waals surface area contributed by atoms with Gasteiger partial charge in [-0.1, -0.05) is 17.7 Å². The number of amides is 2. The summed E-state index contributed by atoms with van der Waals surface area (Å²) in [6, 6.07) is 11.2. The molecule has 0 bridgehead atoms. The van der Waals surface area contributed by atoms with Gasteiger partial charge in [-0.15, -0.1) is 0 Å². The fourth-order valence-corrected chi connectivity index (χ4v) is 3.54. The third-order valence-corrected chi connectivity index (χ3v) is 5.07. The molecule has 1 fully saturated rings. The molecule has 1 saturated heterocycles. The van der Waals surface area contributed by atoms with Gasteiger partial charge in [0.05, 0.1) is 10.6 Å². The molecule has 0 aliphatic carbocycles. The standard InChI is InChI=1S/C18H15ClFIN2O2/c19-16-11-13(20)4-5-15(16)18(25)23-8-6-22(7-9-23)17(24)12-2-1-3-14(21)10-12/h1-5,10-11H,6-9H2. The molecule has 130 valence electrons. The van der Waals surface area contributed by atoms with Crippen LogP contribution in [0, 0.1) is 9.39 Å². The fourth-order valence-electron chi connectivity index (χ4n) is 2.75. The Morgan fingerprint density at radius 2 is 1.60 bits per heavy atom. The molecule has 1 heterocycles. The Labute approximate surface area is 163 Å². The van der Waals surface area contributed by atoms with Crippen LogP contribution in [0.4, 0.5) is 4.39 Å². The SMILES string of the molecule is O=C(c1cccc(I)c1)N1CCN(C(=O)c2ccc(F)cc2Cl)CC1. The molecule has 0 spiro atoms. The van der Waals surface area contributed by atoms with Crippen molar-refractivity contribution >= 4 is 46.0 Å². The van der Waals surface area contributed by atoms with Crippen molar-refractivity contribution in [1.29, 1.82) is 0 Å². The van der Waals surface area contributed by atoms with Crippen LogP contribution in [0.1, 0.15) is 20.7 Å². The normalized spacial score (nSPS) is 14.5. The third kappa shape index (κ3) is 4.12. The summed E-state index contributed by atoms with van der Waals surface area (Å²) in [6.45, 7) is 1.74. The summed E-state index contributed by atoms with van der Waals surface area (Å²) in [4.78, 5) is 28.5. The average Bonchev–Trinajstić information content (AvgIpc) is 2.61. The van der Waals surface area contributed by atoms with Gasteiger partial charge in [0.1, 0.15) is 5.82 Å². The number of benzene rings is 2. The fraction of sp³-hybridized carbons (Fsp3) is 0.222. The van der Waals surface area contributed by atoms with Crippen molar-refractivity contribution in [2.45, 2.75) is 0 Å². The van der Waals surface area contributed by atoms with Crippen LogP contribution >= 0.6 is 34.2 Å². The van der Waals surface area contributed by atoms with Crippen molar-refractivity contribution in [3.8, 4) is 0 Å². The largest absolute Gasteiger partial charge is 0.335 e. The molecule has 7 heteroatoms. The van der Waals surface area contributed by atoms with Crippen LogP contribution in [0.3, 0.4) is 0 Å². The first-order chi connectivity index (χ1) is 12.0. The van der Waals surface area contributed by atoms with Gasteiger partial charge in [-0.2, -0.15) is 0 Å². The first-order valence-corrected chi connectivity index (χ1v) is 9.20. The molecule has 2 aromatic carbocycles. The molecule has 2 amide bonds. The zero-order chi connectivity index (χ0) is 18.0. The number of hydrogen-bond acceptors (Lipinski definition) is 2. The van der Waals surface area contributed by atoms with Crippen molar-refractivity contribution in [2.24, 2.45) is 0 Å². The number of carbonyl (C=O) groups is 2. The molecule has 0 radical (unpaired) electrons. The second-order valence-corrected chi connectivity index (χ2v) is 7.37. The molecule has 1 aliphatic rings. The van der Waals surface area contributed by atoms with Gasteiger partial charge in [0, 0.05) is 35.3 Å². The first kappa shape index (κ1) is 18.1. The highest BCUT2D eigenvalue weighted by molar-refractivity contribution is 14.1. The van der Waals surface area contributed by atoms with Crippen LogP contribution < -0.4 is 0 Å². The number of halogens is 3. The summed E-state index contributed by atoms with van der Waals surface area (Å²) in [5.74, 6) is -0.758. The quantitative estimate of drug-likeness (QED) is 0.626. The molecule has 0 aromatic heterocycles. The average molecular weight is 473 g/mol. The Morgan fingerprint density at radius 1 is 0.960 bits per heavy atom. The lowest BCUT2D eigenvalue weighted by atomic mass is 10.1. The molecule has 0 N–H and O–H groups in total. The third-order valence-electron chi connectivity index (χ3n) is 4.09. The maximum atomic E-state index is 13.1. The minimum atomic E-state index is -0.477. The van der Waals surface area contributed by atoms with Crippen molar-refractivity contribution < 1.29 is 14.0 Å². The molecule has 0 saturated carbocycles. The van der Waals surface area contributed by atoms with Crippen LogP contribution in [0.2, 0.25) is 5.02 Å². The summed E-state index contributed by atoms with van der Waals surface area (Å²) in [5.41, 5.74) is 0.925. The molecular formula is C18H15ClFIN2O2. The van der Waals surface area contributed by atoms with Crippen LogP contribution in [0.25, 0.3) is 0 Å². The molecule has 0 atom stereocenters. The lowest BCUT2D eigenvalue weighted by molar-refractivity contribution is 0.0535. The summed E-state index contributed by atoms with van der Waals surface area (Å²) in [7, 11) is 0. The molecule has 4 nitrogen and oxygen atoms in total. The number of hydrogen-bond donors (Lipinski definition) is 0. The highest BCUT2D eigenvalue weighted by Crippen LogP contribution is 2.20. The van der Waals surface area contributed by atoms with E-state index in [0.717, 1.165) is 9.64 Å². The van der Waals surface area contributed by atoms with Crippen LogP contribution in [0.15, 0.2) is 42.5 Å². The molecule has 1 aliphatic heterocycles. The summed E-state index contributed by atoms with van der Waals surface area (Å²) in [6.07, 6.45) is 0. The summed E-state index contributed by atoms with van der Waals surface area (Å²) >= 11 is 8.14. The minimum Gasteiger partial charge on any atom is -0.335 e. The van der Waals surface area contributed by atoms with E-state index >= 15 is 0 Å².